The summed E-state index contributed by atoms with van der Waals surface area (Å²) in [6, 6.07) is 8.66. The number of nitrogens with zero attached hydrogens (tertiary/aromatic N) is 2. The Balaban J connectivity index is 2.06. The van der Waals surface area contributed by atoms with Gasteiger partial charge in [0.05, 0.1) is 6.54 Å². The lowest BCUT2D eigenvalue weighted by atomic mass is 10.1. The molecule has 0 bridgehead atoms. The summed E-state index contributed by atoms with van der Waals surface area (Å²) in [5.41, 5.74) is 8.20. The van der Waals surface area contributed by atoms with Gasteiger partial charge in [-0.15, -0.1) is 11.3 Å². The summed E-state index contributed by atoms with van der Waals surface area (Å²) in [5.74, 6) is 0. The van der Waals surface area contributed by atoms with Crippen LogP contribution in [0, 0.1) is 0 Å². The molecule has 0 atom stereocenters. The van der Waals surface area contributed by atoms with Gasteiger partial charge in [0.15, 0.2) is 5.13 Å². The van der Waals surface area contributed by atoms with E-state index in [4.69, 9.17) is 5.73 Å². The zero-order valence-corrected chi connectivity index (χ0v) is 11.0. The number of nitrogens with two attached hydrogens (primary N) is 1. The molecule has 2 N–H and O–H groups in total. The van der Waals surface area contributed by atoms with Gasteiger partial charge in [0.1, 0.15) is 0 Å². The van der Waals surface area contributed by atoms with Crippen molar-refractivity contribution in [3.05, 3.63) is 40.9 Å². The number of hydrogen-bond acceptors (Lipinski definition) is 4. The van der Waals surface area contributed by atoms with Gasteiger partial charge in [-0.25, -0.2) is 4.98 Å². The SMILES string of the molecule is CCc1ccc(N(C)Cc2cnc(N)s2)cc1. The molecule has 4 heteroatoms. The third kappa shape index (κ3) is 2.97. The summed E-state index contributed by atoms with van der Waals surface area (Å²) >= 11 is 1.54. The molecule has 2 aromatic rings. The molecule has 2 rings (SSSR count). The van der Waals surface area contributed by atoms with E-state index in [0.29, 0.717) is 5.13 Å². The Morgan fingerprint density at radius 3 is 2.53 bits per heavy atom. The predicted molar refractivity (Wildman–Crippen MR) is 74.5 cm³/mol. The molecule has 17 heavy (non-hydrogen) atoms. The van der Waals surface area contributed by atoms with Gasteiger partial charge in [0.2, 0.25) is 0 Å². The molecule has 0 amide bonds. The van der Waals surface area contributed by atoms with Crippen molar-refractivity contribution in [3.8, 4) is 0 Å². The number of hydrogen-bond donors (Lipinski definition) is 1. The average molecular weight is 247 g/mol. The Morgan fingerprint density at radius 1 is 1.29 bits per heavy atom. The van der Waals surface area contributed by atoms with E-state index in [9.17, 15) is 0 Å². The lowest BCUT2D eigenvalue weighted by Crippen LogP contribution is -2.15. The molecule has 1 aromatic carbocycles. The van der Waals surface area contributed by atoms with Crippen LogP contribution in [0.3, 0.4) is 0 Å². The van der Waals surface area contributed by atoms with Gasteiger partial charge in [0, 0.05) is 23.8 Å². The van der Waals surface area contributed by atoms with Gasteiger partial charge in [-0.2, -0.15) is 0 Å². The maximum atomic E-state index is 5.62. The van der Waals surface area contributed by atoms with Crippen molar-refractivity contribution in [2.24, 2.45) is 0 Å². The lowest BCUT2D eigenvalue weighted by molar-refractivity contribution is 0.935. The number of benzene rings is 1. The molecule has 3 nitrogen and oxygen atoms in total. The Bertz CT molecular complexity index is 476. The molecule has 0 unspecified atom stereocenters. The Kier molecular flexibility index (Phi) is 3.64. The summed E-state index contributed by atoms with van der Waals surface area (Å²) in [5, 5.41) is 0.634. The molecule has 90 valence electrons. The summed E-state index contributed by atoms with van der Waals surface area (Å²) in [6.45, 7) is 3.01. The standard InChI is InChI=1S/C13H17N3S/c1-3-10-4-6-11(7-5-10)16(2)9-12-8-15-13(14)17-12/h4-8H,3,9H2,1-2H3,(H2,14,15). The van der Waals surface area contributed by atoms with Crippen molar-refractivity contribution < 1.29 is 0 Å². The molecule has 0 spiro atoms. The highest BCUT2D eigenvalue weighted by molar-refractivity contribution is 7.15. The number of nitrogen functional groups attached to an aromatic ring is 1. The molecule has 1 heterocycles. The van der Waals surface area contributed by atoms with Crippen molar-refractivity contribution in [3.63, 3.8) is 0 Å². The highest BCUT2D eigenvalue weighted by Gasteiger charge is 2.04. The van der Waals surface area contributed by atoms with Crippen LogP contribution in [0.1, 0.15) is 17.4 Å². The normalized spacial score (nSPS) is 10.5. The zero-order chi connectivity index (χ0) is 12.3. The fraction of sp³-hybridized carbons (Fsp3) is 0.308. The van der Waals surface area contributed by atoms with E-state index in [0.717, 1.165) is 13.0 Å². The van der Waals surface area contributed by atoms with E-state index in [2.05, 4.69) is 48.1 Å². The molecule has 0 saturated heterocycles. The van der Waals surface area contributed by atoms with Crippen molar-refractivity contribution in [1.82, 2.24) is 4.98 Å². The third-order valence-corrected chi connectivity index (χ3v) is 3.56. The zero-order valence-electron chi connectivity index (χ0n) is 10.2. The van der Waals surface area contributed by atoms with Crippen LogP contribution in [-0.4, -0.2) is 12.0 Å². The van der Waals surface area contributed by atoms with E-state index in [1.807, 2.05) is 6.20 Å². The fourth-order valence-electron chi connectivity index (χ4n) is 1.71. The van der Waals surface area contributed by atoms with Crippen LogP contribution in [0.4, 0.5) is 10.8 Å². The Hall–Kier alpha value is -1.55. The van der Waals surface area contributed by atoms with Gasteiger partial charge in [-0.05, 0) is 24.1 Å². The van der Waals surface area contributed by atoms with Crippen molar-refractivity contribution in [1.29, 1.82) is 0 Å². The first-order chi connectivity index (χ1) is 8.19. The van der Waals surface area contributed by atoms with E-state index in [1.165, 1.54) is 16.1 Å². The Labute approximate surface area is 106 Å². The summed E-state index contributed by atoms with van der Waals surface area (Å²) in [4.78, 5) is 7.45. The summed E-state index contributed by atoms with van der Waals surface area (Å²) < 4.78 is 0. The van der Waals surface area contributed by atoms with Crippen LogP contribution < -0.4 is 10.6 Å². The topological polar surface area (TPSA) is 42.2 Å². The van der Waals surface area contributed by atoms with Gasteiger partial charge < -0.3 is 10.6 Å². The van der Waals surface area contributed by atoms with E-state index in [1.54, 1.807) is 11.3 Å². The molecule has 0 fully saturated rings. The van der Waals surface area contributed by atoms with Crippen molar-refractivity contribution in [2.75, 3.05) is 17.7 Å². The number of thiazole rings is 1. The lowest BCUT2D eigenvalue weighted by Gasteiger charge is -2.18. The van der Waals surface area contributed by atoms with Gasteiger partial charge in [-0.1, -0.05) is 19.1 Å². The van der Waals surface area contributed by atoms with Crippen LogP contribution in [0.2, 0.25) is 0 Å². The van der Waals surface area contributed by atoms with Crippen LogP contribution >= 0.6 is 11.3 Å². The number of aryl methyl sites for hydroxylation is 1. The maximum absolute atomic E-state index is 5.62. The highest BCUT2D eigenvalue weighted by atomic mass is 32.1. The average Bonchev–Trinajstić information content (AvgIpc) is 2.75. The third-order valence-electron chi connectivity index (χ3n) is 2.75. The van der Waals surface area contributed by atoms with Crippen molar-refractivity contribution >= 4 is 22.2 Å². The first-order valence-corrected chi connectivity index (χ1v) is 6.51. The van der Waals surface area contributed by atoms with Crippen LogP contribution in [0.5, 0.6) is 0 Å². The molecule has 0 aliphatic rings. The quantitative estimate of drug-likeness (QED) is 0.903. The van der Waals surface area contributed by atoms with E-state index < -0.39 is 0 Å². The monoisotopic (exact) mass is 247 g/mol. The van der Waals surface area contributed by atoms with E-state index >= 15 is 0 Å². The first kappa shape index (κ1) is 11.9. The summed E-state index contributed by atoms with van der Waals surface area (Å²) in [7, 11) is 2.08. The minimum Gasteiger partial charge on any atom is -0.375 e. The predicted octanol–water partition coefficient (Wildman–Crippen LogP) is 2.92. The van der Waals surface area contributed by atoms with Gasteiger partial charge in [0.25, 0.3) is 0 Å². The second kappa shape index (κ2) is 5.19. The minimum absolute atomic E-state index is 0.634. The molecular formula is C13H17N3S. The molecule has 0 radical (unpaired) electrons. The van der Waals surface area contributed by atoms with Crippen LogP contribution in [0.25, 0.3) is 0 Å². The van der Waals surface area contributed by atoms with E-state index in [-0.39, 0.29) is 0 Å². The first-order valence-electron chi connectivity index (χ1n) is 5.69. The fourth-order valence-corrected chi connectivity index (χ4v) is 2.44. The van der Waals surface area contributed by atoms with Crippen LogP contribution in [0.15, 0.2) is 30.5 Å². The highest BCUT2D eigenvalue weighted by Crippen LogP contribution is 2.20. The largest absolute Gasteiger partial charge is 0.375 e. The second-order valence-electron chi connectivity index (χ2n) is 4.04. The molecule has 1 aromatic heterocycles. The summed E-state index contributed by atoms with van der Waals surface area (Å²) in [6.07, 6.45) is 2.92. The minimum atomic E-state index is 0.634. The molecule has 0 saturated carbocycles. The molecule has 0 aliphatic heterocycles. The molecule has 0 aliphatic carbocycles. The van der Waals surface area contributed by atoms with Gasteiger partial charge >= 0.3 is 0 Å². The van der Waals surface area contributed by atoms with Crippen molar-refractivity contribution in [2.45, 2.75) is 19.9 Å². The smallest absolute Gasteiger partial charge is 0.180 e. The number of anilines is 2. The Morgan fingerprint density at radius 2 is 2.00 bits per heavy atom. The van der Waals surface area contributed by atoms with Crippen LogP contribution in [-0.2, 0) is 13.0 Å². The van der Waals surface area contributed by atoms with Gasteiger partial charge in [-0.3, -0.25) is 0 Å². The maximum Gasteiger partial charge on any atom is 0.180 e. The number of rotatable bonds is 4. The molecular weight excluding hydrogens is 230 g/mol. The number of aromatic nitrogens is 1. The second-order valence-corrected chi connectivity index (χ2v) is 5.19.